The minimum absolute atomic E-state index is 0.351. The molecule has 0 aliphatic heterocycles. The van der Waals surface area contributed by atoms with E-state index in [0.717, 1.165) is 10.0 Å². The van der Waals surface area contributed by atoms with Crippen LogP contribution in [0.15, 0.2) is 53.0 Å². The van der Waals surface area contributed by atoms with E-state index in [9.17, 15) is 9.59 Å². The van der Waals surface area contributed by atoms with E-state index in [1.165, 1.54) is 0 Å². The first-order chi connectivity index (χ1) is 9.50. The normalized spacial score (nSPS) is 10.2. The number of carbonyl (C=O) groups excluding carboxylic acids is 2. The van der Waals surface area contributed by atoms with Gasteiger partial charge in [-0.15, -0.1) is 0 Å². The Morgan fingerprint density at radius 3 is 2.40 bits per heavy atom. The van der Waals surface area contributed by atoms with Crippen molar-refractivity contribution < 1.29 is 9.59 Å². The van der Waals surface area contributed by atoms with Crippen molar-refractivity contribution >= 4 is 27.7 Å². The second kappa shape index (κ2) is 5.98. The van der Waals surface area contributed by atoms with Gasteiger partial charge in [0, 0.05) is 15.6 Å². The topological polar surface area (TPSA) is 63.4 Å². The summed E-state index contributed by atoms with van der Waals surface area (Å²) < 4.78 is 0.750. The van der Waals surface area contributed by atoms with Gasteiger partial charge in [-0.25, -0.2) is 10.9 Å². The fourth-order valence-corrected chi connectivity index (χ4v) is 2.19. The van der Waals surface area contributed by atoms with Crippen molar-refractivity contribution in [1.29, 1.82) is 0 Å². The SMILES string of the molecule is Cc1ccccc1C(=O)N(N)C(=O)c1cccc(Br)c1. The van der Waals surface area contributed by atoms with Crippen molar-refractivity contribution in [3.63, 3.8) is 0 Å². The average molecular weight is 333 g/mol. The molecule has 0 fully saturated rings. The molecule has 2 rings (SSSR count). The van der Waals surface area contributed by atoms with Crippen LogP contribution in [0.1, 0.15) is 26.3 Å². The molecule has 0 aromatic heterocycles. The molecule has 0 heterocycles. The van der Waals surface area contributed by atoms with Gasteiger partial charge in [-0.1, -0.05) is 40.2 Å². The number of hydrogen-bond donors (Lipinski definition) is 1. The number of nitrogens with two attached hydrogens (primary N) is 1. The number of hydrogen-bond acceptors (Lipinski definition) is 3. The molecule has 0 atom stereocenters. The summed E-state index contributed by atoms with van der Waals surface area (Å²) in [6, 6.07) is 13.7. The summed E-state index contributed by atoms with van der Waals surface area (Å²) in [6.07, 6.45) is 0. The molecule has 2 amide bonds. The molecule has 20 heavy (non-hydrogen) atoms. The zero-order valence-electron chi connectivity index (χ0n) is 10.8. The highest BCUT2D eigenvalue weighted by Crippen LogP contribution is 2.15. The molecule has 2 aromatic rings. The van der Waals surface area contributed by atoms with E-state index in [2.05, 4.69) is 15.9 Å². The summed E-state index contributed by atoms with van der Waals surface area (Å²) in [5, 5.41) is 0.643. The number of carbonyl (C=O) groups is 2. The number of amides is 2. The minimum atomic E-state index is -0.542. The summed E-state index contributed by atoms with van der Waals surface area (Å²) in [5.41, 5.74) is 1.54. The molecule has 102 valence electrons. The monoisotopic (exact) mass is 332 g/mol. The van der Waals surface area contributed by atoms with E-state index in [-0.39, 0.29) is 0 Å². The number of nitrogens with zero attached hydrogens (tertiary/aromatic N) is 1. The van der Waals surface area contributed by atoms with Gasteiger partial charge in [-0.2, -0.15) is 0 Å². The van der Waals surface area contributed by atoms with Gasteiger partial charge in [0.05, 0.1) is 0 Å². The van der Waals surface area contributed by atoms with Crippen molar-refractivity contribution in [2.24, 2.45) is 5.84 Å². The van der Waals surface area contributed by atoms with E-state index in [0.29, 0.717) is 16.1 Å². The van der Waals surface area contributed by atoms with Crippen LogP contribution in [-0.4, -0.2) is 16.8 Å². The van der Waals surface area contributed by atoms with Crippen molar-refractivity contribution in [2.75, 3.05) is 0 Å². The zero-order valence-corrected chi connectivity index (χ0v) is 12.4. The molecule has 0 aliphatic carbocycles. The van der Waals surface area contributed by atoms with Crippen LogP contribution in [0.4, 0.5) is 0 Å². The van der Waals surface area contributed by atoms with Gasteiger partial charge in [-0.3, -0.25) is 9.59 Å². The Morgan fingerprint density at radius 1 is 1.05 bits per heavy atom. The molecular formula is C15H13BrN2O2. The third-order valence-electron chi connectivity index (χ3n) is 2.88. The Bertz CT molecular complexity index is 670. The highest BCUT2D eigenvalue weighted by Gasteiger charge is 2.22. The predicted molar refractivity (Wildman–Crippen MR) is 80.0 cm³/mol. The van der Waals surface area contributed by atoms with E-state index >= 15 is 0 Å². The van der Waals surface area contributed by atoms with E-state index < -0.39 is 11.8 Å². The third kappa shape index (κ3) is 2.95. The van der Waals surface area contributed by atoms with Crippen LogP contribution in [0.25, 0.3) is 0 Å². The molecular weight excluding hydrogens is 320 g/mol. The lowest BCUT2D eigenvalue weighted by Crippen LogP contribution is -2.42. The van der Waals surface area contributed by atoms with Gasteiger partial charge in [0.1, 0.15) is 0 Å². The van der Waals surface area contributed by atoms with Gasteiger partial charge in [-0.05, 0) is 36.8 Å². The Kier molecular flexibility index (Phi) is 4.32. The lowest BCUT2D eigenvalue weighted by atomic mass is 10.1. The molecule has 0 spiro atoms. The van der Waals surface area contributed by atoms with Crippen molar-refractivity contribution in [3.05, 3.63) is 69.7 Å². The van der Waals surface area contributed by atoms with Crippen LogP contribution in [0.3, 0.4) is 0 Å². The van der Waals surface area contributed by atoms with Crippen LogP contribution in [-0.2, 0) is 0 Å². The standard InChI is InChI=1S/C15H13BrN2O2/c1-10-5-2-3-8-13(10)15(20)18(17)14(19)11-6-4-7-12(16)9-11/h2-9H,17H2,1H3. The van der Waals surface area contributed by atoms with Crippen LogP contribution in [0.2, 0.25) is 0 Å². The van der Waals surface area contributed by atoms with Crippen LogP contribution < -0.4 is 5.84 Å². The summed E-state index contributed by atoms with van der Waals surface area (Å²) >= 11 is 3.28. The zero-order chi connectivity index (χ0) is 14.7. The first-order valence-corrected chi connectivity index (χ1v) is 6.74. The second-order valence-electron chi connectivity index (χ2n) is 4.31. The van der Waals surface area contributed by atoms with Gasteiger partial charge >= 0.3 is 0 Å². The largest absolute Gasteiger partial charge is 0.275 e. The lowest BCUT2D eigenvalue weighted by Gasteiger charge is -2.16. The van der Waals surface area contributed by atoms with Gasteiger partial charge < -0.3 is 0 Å². The molecule has 0 saturated heterocycles. The van der Waals surface area contributed by atoms with Crippen molar-refractivity contribution in [1.82, 2.24) is 5.01 Å². The summed E-state index contributed by atoms with van der Waals surface area (Å²) in [7, 11) is 0. The van der Waals surface area contributed by atoms with Crippen LogP contribution in [0.5, 0.6) is 0 Å². The number of halogens is 1. The summed E-state index contributed by atoms with van der Waals surface area (Å²) in [6.45, 7) is 1.80. The van der Waals surface area contributed by atoms with Crippen LogP contribution >= 0.6 is 15.9 Å². The average Bonchev–Trinajstić information content (AvgIpc) is 2.45. The molecule has 0 unspecified atom stereocenters. The predicted octanol–water partition coefficient (Wildman–Crippen LogP) is 2.91. The highest BCUT2D eigenvalue weighted by atomic mass is 79.9. The lowest BCUT2D eigenvalue weighted by molar-refractivity contribution is 0.0615. The maximum atomic E-state index is 12.2. The smallest absolute Gasteiger partial charge is 0.267 e. The van der Waals surface area contributed by atoms with E-state index in [1.54, 1.807) is 49.4 Å². The maximum Gasteiger partial charge on any atom is 0.275 e. The van der Waals surface area contributed by atoms with Gasteiger partial charge in [0.2, 0.25) is 0 Å². The molecule has 2 aromatic carbocycles. The molecule has 0 radical (unpaired) electrons. The van der Waals surface area contributed by atoms with Crippen LogP contribution in [0, 0.1) is 6.92 Å². The Hall–Kier alpha value is -1.98. The number of imide groups is 1. The molecule has 0 bridgehead atoms. The minimum Gasteiger partial charge on any atom is -0.267 e. The number of aryl methyl sites for hydroxylation is 1. The van der Waals surface area contributed by atoms with E-state index in [1.807, 2.05) is 6.07 Å². The quantitative estimate of drug-likeness (QED) is 0.398. The first kappa shape index (κ1) is 14.4. The Labute approximate surface area is 125 Å². The summed E-state index contributed by atoms with van der Waals surface area (Å²) in [5.74, 6) is 4.60. The third-order valence-corrected chi connectivity index (χ3v) is 3.38. The number of hydrazine groups is 1. The molecule has 0 saturated carbocycles. The van der Waals surface area contributed by atoms with E-state index in [4.69, 9.17) is 5.84 Å². The summed E-state index contributed by atoms with van der Waals surface area (Å²) in [4.78, 5) is 24.4. The Morgan fingerprint density at radius 2 is 1.75 bits per heavy atom. The fourth-order valence-electron chi connectivity index (χ4n) is 1.80. The molecule has 4 nitrogen and oxygen atoms in total. The number of benzene rings is 2. The van der Waals surface area contributed by atoms with Gasteiger partial charge in [0.25, 0.3) is 11.8 Å². The van der Waals surface area contributed by atoms with Crippen molar-refractivity contribution in [2.45, 2.75) is 6.92 Å². The number of rotatable bonds is 2. The first-order valence-electron chi connectivity index (χ1n) is 5.95. The molecule has 5 heteroatoms. The molecule has 2 N–H and O–H groups in total. The second-order valence-corrected chi connectivity index (χ2v) is 5.22. The maximum absolute atomic E-state index is 12.2. The van der Waals surface area contributed by atoms with Crippen molar-refractivity contribution in [3.8, 4) is 0 Å². The van der Waals surface area contributed by atoms with Gasteiger partial charge in [0.15, 0.2) is 0 Å². The molecule has 0 aliphatic rings. The highest BCUT2D eigenvalue weighted by molar-refractivity contribution is 9.10. The Balaban J connectivity index is 2.27. The fraction of sp³-hybridized carbons (Fsp3) is 0.0667.